The lowest BCUT2D eigenvalue weighted by Gasteiger charge is -2.29. The first-order valence-electron chi connectivity index (χ1n) is 7.94. The van der Waals surface area contributed by atoms with E-state index in [-0.39, 0.29) is 11.6 Å². The maximum Gasteiger partial charge on any atom is 0.335 e. The first-order chi connectivity index (χ1) is 10.6. The lowest BCUT2D eigenvalue weighted by atomic mass is 10.1. The van der Waals surface area contributed by atoms with Crippen molar-refractivity contribution >= 4 is 12.0 Å². The van der Waals surface area contributed by atoms with Gasteiger partial charge in [-0.25, -0.2) is 9.59 Å². The van der Waals surface area contributed by atoms with Gasteiger partial charge in [-0.05, 0) is 56.2 Å². The summed E-state index contributed by atoms with van der Waals surface area (Å²) >= 11 is 0. The van der Waals surface area contributed by atoms with Crippen molar-refractivity contribution in [3.63, 3.8) is 0 Å². The van der Waals surface area contributed by atoms with Crippen LogP contribution < -0.4 is 5.32 Å². The molecule has 2 aliphatic carbocycles. The summed E-state index contributed by atoms with van der Waals surface area (Å²) in [5.74, 6) is -0.269. The molecule has 1 aromatic carbocycles. The average molecular weight is 302 g/mol. The van der Waals surface area contributed by atoms with E-state index in [9.17, 15) is 9.59 Å². The van der Waals surface area contributed by atoms with Gasteiger partial charge in [0.05, 0.1) is 5.56 Å². The highest BCUT2D eigenvalue weighted by molar-refractivity contribution is 5.87. The van der Waals surface area contributed by atoms with Gasteiger partial charge in [-0.3, -0.25) is 0 Å². The van der Waals surface area contributed by atoms with Gasteiger partial charge in [0.15, 0.2) is 0 Å². The third-order valence-corrected chi connectivity index (χ3v) is 4.56. The number of hydrogen-bond donors (Lipinski definition) is 2. The number of hydrogen-bond acceptors (Lipinski definition) is 2. The zero-order valence-corrected chi connectivity index (χ0v) is 12.8. The van der Waals surface area contributed by atoms with Crippen molar-refractivity contribution in [1.29, 1.82) is 0 Å². The summed E-state index contributed by atoms with van der Waals surface area (Å²) in [4.78, 5) is 25.3. The Morgan fingerprint density at radius 2 is 1.86 bits per heavy atom. The minimum Gasteiger partial charge on any atom is -0.478 e. The monoisotopic (exact) mass is 302 g/mol. The molecular formula is C17H22N2O3. The number of nitrogens with zero attached hydrogens (tertiary/aromatic N) is 1. The van der Waals surface area contributed by atoms with Crippen LogP contribution in [0, 0.1) is 5.92 Å². The van der Waals surface area contributed by atoms with Crippen molar-refractivity contribution in [2.24, 2.45) is 5.92 Å². The van der Waals surface area contributed by atoms with E-state index in [1.54, 1.807) is 24.3 Å². The normalized spacial score (nSPS) is 18.6. The molecule has 2 aliphatic rings. The largest absolute Gasteiger partial charge is 0.478 e. The van der Waals surface area contributed by atoms with Crippen molar-refractivity contribution < 1.29 is 14.7 Å². The minimum atomic E-state index is -0.936. The van der Waals surface area contributed by atoms with E-state index in [2.05, 4.69) is 12.2 Å². The minimum absolute atomic E-state index is 0.00390. The predicted molar refractivity (Wildman–Crippen MR) is 82.7 cm³/mol. The molecule has 1 unspecified atom stereocenters. The first kappa shape index (κ1) is 14.9. The van der Waals surface area contributed by atoms with Crippen molar-refractivity contribution in [3.8, 4) is 0 Å². The van der Waals surface area contributed by atoms with Crippen LogP contribution in [0.15, 0.2) is 24.3 Å². The summed E-state index contributed by atoms with van der Waals surface area (Å²) in [7, 11) is 0. The molecule has 5 heteroatoms. The van der Waals surface area contributed by atoms with Crippen molar-refractivity contribution in [2.45, 2.75) is 51.2 Å². The molecule has 0 saturated heterocycles. The van der Waals surface area contributed by atoms with Gasteiger partial charge in [0.1, 0.15) is 0 Å². The van der Waals surface area contributed by atoms with Gasteiger partial charge in [-0.2, -0.15) is 0 Å². The second-order valence-corrected chi connectivity index (χ2v) is 6.38. The molecular weight excluding hydrogens is 280 g/mol. The summed E-state index contributed by atoms with van der Waals surface area (Å²) in [6, 6.07) is 7.35. The highest BCUT2D eigenvalue weighted by Crippen LogP contribution is 2.39. The summed E-state index contributed by atoms with van der Waals surface area (Å²) in [6.07, 6.45) is 4.68. The topological polar surface area (TPSA) is 69.6 Å². The molecule has 5 nitrogen and oxygen atoms in total. The molecule has 0 aliphatic heterocycles. The molecule has 0 bridgehead atoms. The molecule has 0 heterocycles. The second kappa shape index (κ2) is 5.99. The quantitative estimate of drug-likeness (QED) is 0.849. The number of urea groups is 1. The average Bonchev–Trinajstić information content (AvgIpc) is 3.38. The van der Waals surface area contributed by atoms with Crippen LogP contribution in [0.3, 0.4) is 0 Å². The van der Waals surface area contributed by atoms with E-state index < -0.39 is 5.97 Å². The van der Waals surface area contributed by atoms with E-state index >= 15 is 0 Å². The Bertz CT molecular complexity index is 562. The lowest BCUT2D eigenvalue weighted by molar-refractivity contribution is 0.0697. The molecule has 0 radical (unpaired) electrons. The third kappa shape index (κ3) is 3.40. The Morgan fingerprint density at radius 3 is 2.36 bits per heavy atom. The van der Waals surface area contributed by atoms with Crippen LogP contribution in [0.5, 0.6) is 0 Å². The number of carboxylic acids is 1. The highest BCUT2D eigenvalue weighted by atomic mass is 16.4. The standard InChI is InChI=1S/C17H22N2O3/c1-11(13-6-7-13)19(15-8-9-15)17(22)18-10-12-2-4-14(5-3-12)16(20)21/h2-5,11,13,15H,6-10H2,1H3,(H,18,22)(H,20,21). The Morgan fingerprint density at radius 1 is 1.23 bits per heavy atom. The van der Waals surface area contributed by atoms with E-state index in [4.69, 9.17) is 5.11 Å². The maximum atomic E-state index is 12.5. The first-order valence-corrected chi connectivity index (χ1v) is 7.94. The molecule has 118 valence electrons. The Balaban J connectivity index is 1.57. The number of carbonyl (C=O) groups is 2. The van der Waals surface area contributed by atoms with E-state index in [1.807, 2.05) is 4.90 Å². The highest BCUT2D eigenvalue weighted by Gasteiger charge is 2.41. The number of amides is 2. The number of nitrogens with one attached hydrogen (secondary N) is 1. The van der Waals surface area contributed by atoms with Crippen LogP contribution in [0.1, 0.15) is 48.5 Å². The summed E-state index contributed by atoms with van der Waals surface area (Å²) in [6.45, 7) is 2.58. The third-order valence-electron chi connectivity index (χ3n) is 4.56. The summed E-state index contributed by atoms with van der Waals surface area (Å²) in [5.41, 5.74) is 1.17. The zero-order valence-electron chi connectivity index (χ0n) is 12.8. The van der Waals surface area contributed by atoms with E-state index in [0.29, 0.717) is 24.5 Å². The van der Waals surface area contributed by atoms with Crippen LogP contribution in [-0.2, 0) is 6.54 Å². The zero-order chi connectivity index (χ0) is 15.7. The molecule has 2 N–H and O–H groups in total. The molecule has 1 atom stereocenters. The van der Waals surface area contributed by atoms with Crippen LogP contribution in [-0.4, -0.2) is 34.1 Å². The van der Waals surface area contributed by atoms with E-state index in [0.717, 1.165) is 18.4 Å². The van der Waals surface area contributed by atoms with Gasteiger partial charge in [-0.15, -0.1) is 0 Å². The summed E-state index contributed by atoms with van der Waals surface area (Å²) in [5, 5.41) is 11.8. The fraction of sp³-hybridized carbons (Fsp3) is 0.529. The van der Waals surface area contributed by atoms with Gasteiger partial charge in [0.2, 0.25) is 0 Å². The van der Waals surface area contributed by atoms with Gasteiger partial charge < -0.3 is 15.3 Å². The molecule has 22 heavy (non-hydrogen) atoms. The number of aromatic carboxylic acids is 1. The van der Waals surface area contributed by atoms with Gasteiger partial charge in [-0.1, -0.05) is 12.1 Å². The fourth-order valence-corrected chi connectivity index (χ4v) is 2.88. The molecule has 2 saturated carbocycles. The SMILES string of the molecule is CC(C1CC1)N(C(=O)NCc1ccc(C(=O)O)cc1)C1CC1. The predicted octanol–water partition coefficient (Wildman–Crippen LogP) is 2.86. The molecule has 0 aromatic heterocycles. The van der Waals surface area contributed by atoms with Gasteiger partial charge in [0.25, 0.3) is 0 Å². The summed E-state index contributed by atoms with van der Waals surface area (Å²) < 4.78 is 0. The fourth-order valence-electron chi connectivity index (χ4n) is 2.88. The maximum absolute atomic E-state index is 12.5. The van der Waals surface area contributed by atoms with Crippen LogP contribution in [0.4, 0.5) is 4.79 Å². The lowest BCUT2D eigenvalue weighted by Crippen LogP contribution is -2.47. The molecule has 2 amide bonds. The van der Waals surface area contributed by atoms with Crippen LogP contribution in [0.2, 0.25) is 0 Å². The van der Waals surface area contributed by atoms with Gasteiger partial charge in [0, 0.05) is 18.6 Å². The molecule has 2 fully saturated rings. The second-order valence-electron chi connectivity index (χ2n) is 6.38. The Hall–Kier alpha value is -2.04. The molecule has 3 rings (SSSR count). The van der Waals surface area contributed by atoms with Crippen molar-refractivity contribution in [2.75, 3.05) is 0 Å². The number of benzene rings is 1. The Labute approximate surface area is 130 Å². The number of carbonyl (C=O) groups excluding carboxylic acids is 1. The Kier molecular flexibility index (Phi) is 4.05. The van der Waals surface area contributed by atoms with E-state index in [1.165, 1.54) is 12.8 Å². The van der Waals surface area contributed by atoms with Gasteiger partial charge >= 0.3 is 12.0 Å². The van der Waals surface area contributed by atoms with Crippen LogP contribution >= 0.6 is 0 Å². The van der Waals surface area contributed by atoms with Crippen molar-refractivity contribution in [1.82, 2.24) is 10.2 Å². The van der Waals surface area contributed by atoms with Crippen LogP contribution in [0.25, 0.3) is 0 Å². The number of rotatable bonds is 6. The molecule has 0 spiro atoms. The van der Waals surface area contributed by atoms with Crippen molar-refractivity contribution in [3.05, 3.63) is 35.4 Å². The number of carboxylic acid groups (broad SMARTS) is 1. The molecule has 1 aromatic rings. The smallest absolute Gasteiger partial charge is 0.335 e.